The molecule has 1 aliphatic rings. The number of methoxy groups -OCH3 is 1. The Balaban J connectivity index is 1.52. The molecule has 1 aromatic carbocycles. The molecule has 0 unspecified atom stereocenters. The average Bonchev–Trinajstić information content (AvgIpc) is 3.40. The van der Waals surface area contributed by atoms with Gasteiger partial charge in [-0.2, -0.15) is 5.10 Å². The molecule has 0 radical (unpaired) electrons. The van der Waals surface area contributed by atoms with E-state index in [0.29, 0.717) is 5.56 Å². The molecule has 0 bridgehead atoms. The van der Waals surface area contributed by atoms with E-state index in [1.807, 2.05) is 47.5 Å². The number of carbonyl (C=O) groups is 1. The van der Waals surface area contributed by atoms with Crippen molar-refractivity contribution in [2.75, 3.05) is 20.2 Å². The predicted octanol–water partition coefficient (Wildman–Crippen LogP) is 3.18. The zero-order chi connectivity index (χ0) is 17.9. The Labute approximate surface area is 152 Å². The first-order valence-corrected chi connectivity index (χ1v) is 8.69. The number of ether oxygens (including phenoxy) is 1. The number of amides is 1. The summed E-state index contributed by atoms with van der Waals surface area (Å²) in [7, 11) is 1.64. The summed E-state index contributed by atoms with van der Waals surface area (Å²) in [6.45, 7) is 1.68. The van der Waals surface area contributed by atoms with Gasteiger partial charge in [-0.15, -0.1) is 0 Å². The number of aromatic nitrogens is 3. The lowest BCUT2D eigenvalue weighted by molar-refractivity contribution is 0.0792. The standard InChI is InChI=1S/C20H20N4O2/c1-26-18-7-5-17(6-8-18)24-14-16(13-22-24)19-9-4-15(12-21-19)20(25)23-10-2-3-11-23/h4-9,12-14H,2-3,10-11H2,1H3. The summed E-state index contributed by atoms with van der Waals surface area (Å²) in [5.74, 6) is 0.872. The lowest BCUT2D eigenvalue weighted by Gasteiger charge is -2.14. The van der Waals surface area contributed by atoms with E-state index in [1.54, 1.807) is 24.2 Å². The van der Waals surface area contributed by atoms with Crippen molar-refractivity contribution < 1.29 is 9.53 Å². The van der Waals surface area contributed by atoms with Crippen molar-refractivity contribution in [3.8, 4) is 22.7 Å². The molecule has 0 aliphatic carbocycles. The topological polar surface area (TPSA) is 60.2 Å². The van der Waals surface area contributed by atoms with Gasteiger partial charge >= 0.3 is 0 Å². The lowest BCUT2D eigenvalue weighted by atomic mass is 10.2. The third kappa shape index (κ3) is 3.18. The fourth-order valence-corrected chi connectivity index (χ4v) is 3.13. The van der Waals surface area contributed by atoms with Crippen LogP contribution in [0, 0.1) is 0 Å². The van der Waals surface area contributed by atoms with Gasteiger partial charge in [0.15, 0.2) is 0 Å². The van der Waals surface area contributed by atoms with Crippen LogP contribution in [0.5, 0.6) is 5.75 Å². The highest BCUT2D eigenvalue weighted by Crippen LogP contribution is 2.21. The molecule has 0 saturated carbocycles. The van der Waals surface area contributed by atoms with Gasteiger partial charge in [0.1, 0.15) is 5.75 Å². The van der Waals surface area contributed by atoms with Gasteiger partial charge in [0.2, 0.25) is 0 Å². The Kier molecular flexibility index (Phi) is 4.39. The Bertz CT molecular complexity index is 894. The molecule has 26 heavy (non-hydrogen) atoms. The minimum absolute atomic E-state index is 0.0653. The first-order chi connectivity index (χ1) is 12.7. The number of carbonyl (C=O) groups excluding carboxylic acids is 1. The predicted molar refractivity (Wildman–Crippen MR) is 98.5 cm³/mol. The maximum Gasteiger partial charge on any atom is 0.255 e. The molecule has 1 aliphatic heterocycles. The van der Waals surface area contributed by atoms with E-state index in [2.05, 4.69) is 10.1 Å². The van der Waals surface area contributed by atoms with Crippen molar-refractivity contribution in [2.45, 2.75) is 12.8 Å². The second-order valence-corrected chi connectivity index (χ2v) is 6.30. The maximum absolute atomic E-state index is 12.4. The molecule has 3 heterocycles. The van der Waals surface area contributed by atoms with Crippen molar-refractivity contribution in [1.29, 1.82) is 0 Å². The number of hydrogen-bond acceptors (Lipinski definition) is 4. The fraction of sp³-hybridized carbons (Fsp3) is 0.250. The molecule has 3 aromatic rings. The summed E-state index contributed by atoms with van der Waals surface area (Å²) in [5, 5.41) is 4.40. The zero-order valence-electron chi connectivity index (χ0n) is 14.6. The highest BCUT2D eigenvalue weighted by Gasteiger charge is 2.19. The van der Waals surface area contributed by atoms with Crippen LogP contribution < -0.4 is 4.74 Å². The Morgan fingerprint density at radius 2 is 1.81 bits per heavy atom. The van der Waals surface area contributed by atoms with Crippen molar-refractivity contribution >= 4 is 5.91 Å². The lowest BCUT2D eigenvalue weighted by Crippen LogP contribution is -2.27. The molecule has 4 rings (SSSR count). The molecule has 2 aromatic heterocycles. The molecule has 6 heteroatoms. The Morgan fingerprint density at radius 1 is 1.04 bits per heavy atom. The van der Waals surface area contributed by atoms with Gasteiger partial charge in [-0.3, -0.25) is 9.78 Å². The van der Waals surface area contributed by atoms with Gasteiger partial charge in [-0.1, -0.05) is 0 Å². The summed E-state index contributed by atoms with van der Waals surface area (Å²) < 4.78 is 6.97. The quantitative estimate of drug-likeness (QED) is 0.726. The Morgan fingerprint density at radius 3 is 2.46 bits per heavy atom. The summed E-state index contributed by atoms with van der Waals surface area (Å²) in [5.41, 5.74) is 3.28. The summed E-state index contributed by atoms with van der Waals surface area (Å²) in [4.78, 5) is 18.7. The molecule has 1 saturated heterocycles. The zero-order valence-corrected chi connectivity index (χ0v) is 14.6. The van der Waals surface area contributed by atoms with Gasteiger partial charge < -0.3 is 9.64 Å². The summed E-state index contributed by atoms with van der Waals surface area (Å²) in [6, 6.07) is 11.4. The van der Waals surface area contributed by atoms with Crippen LogP contribution in [0.15, 0.2) is 55.0 Å². The van der Waals surface area contributed by atoms with E-state index in [9.17, 15) is 4.79 Å². The maximum atomic E-state index is 12.4. The van der Waals surface area contributed by atoms with Crippen LogP contribution in [0.3, 0.4) is 0 Å². The van der Waals surface area contributed by atoms with Gasteiger partial charge in [0, 0.05) is 31.0 Å². The van der Waals surface area contributed by atoms with E-state index in [4.69, 9.17) is 4.74 Å². The number of hydrogen-bond donors (Lipinski definition) is 0. The molecule has 0 atom stereocenters. The van der Waals surface area contributed by atoms with E-state index < -0.39 is 0 Å². The van der Waals surface area contributed by atoms with Crippen LogP contribution in [0.2, 0.25) is 0 Å². The Hall–Kier alpha value is -3.15. The summed E-state index contributed by atoms with van der Waals surface area (Å²) >= 11 is 0. The van der Waals surface area contributed by atoms with Gasteiger partial charge in [0.25, 0.3) is 5.91 Å². The van der Waals surface area contributed by atoms with E-state index in [1.165, 1.54) is 0 Å². The van der Waals surface area contributed by atoms with E-state index in [-0.39, 0.29) is 5.91 Å². The van der Waals surface area contributed by atoms with Gasteiger partial charge in [-0.05, 0) is 49.2 Å². The highest BCUT2D eigenvalue weighted by molar-refractivity contribution is 5.94. The van der Waals surface area contributed by atoms with Crippen LogP contribution in [0.1, 0.15) is 23.2 Å². The highest BCUT2D eigenvalue weighted by atomic mass is 16.5. The smallest absolute Gasteiger partial charge is 0.255 e. The van der Waals surface area contributed by atoms with Gasteiger partial charge in [0.05, 0.1) is 30.3 Å². The van der Waals surface area contributed by atoms with Gasteiger partial charge in [-0.25, -0.2) is 4.68 Å². The van der Waals surface area contributed by atoms with Crippen LogP contribution >= 0.6 is 0 Å². The number of nitrogens with zero attached hydrogens (tertiary/aromatic N) is 4. The third-order valence-corrected chi connectivity index (χ3v) is 4.62. The first kappa shape index (κ1) is 16.3. The summed E-state index contributed by atoms with van der Waals surface area (Å²) in [6.07, 6.45) is 7.52. The molecular formula is C20H20N4O2. The first-order valence-electron chi connectivity index (χ1n) is 8.69. The average molecular weight is 348 g/mol. The van der Waals surface area contributed by atoms with Crippen LogP contribution in [-0.2, 0) is 0 Å². The molecule has 1 amide bonds. The van der Waals surface area contributed by atoms with Crippen LogP contribution in [-0.4, -0.2) is 45.8 Å². The molecule has 0 spiro atoms. The molecule has 132 valence electrons. The van der Waals surface area contributed by atoms with Crippen molar-refractivity contribution in [3.05, 3.63) is 60.6 Å². The second kappa shape index (κ2) is 7.00. The number of rotatable bonds is 4. The molecule has 0 N–H and O–H groups in total. The van der Waals surface area contributed by atoms with E-state index >= 15 is 0 Å². The normalized spacial score (nSPS) is 13.8. The van der Waals surface area contributed by atoms with Crippen molar-refractivity contribution in [1.82, 2.24) is 19.7 Å². The van der Waals surface area contributed by atoms with Crippen molar-refractivity contribution in [2.24, 2.45) is 0 Å². The largest absolute Gasteiger partial charge is 0.497 e. The van der Waals surface area contributed by atoms with E-state index in [0.717, 1.165) is 48.6 Å². The van der Waals surface area contributed by atoms with Crippen LogP contribution in [0.4, 0.5) is 0 Å². The third-order valence-electron chi connectivity index (χ3n) is 4.62. The molecular weight excluding hydrogens is 328 g/mol. The minimum atomic E-state index is 0.0653. The fourth-order valence-electron chi connectivity index (χ4n) is 3.13. The monoisotopic (exact) mass is 348 g/mol. The SMILES string of the molecule is COc1ccc(-n2cc(-c3ccc(C(=O)N4CCCC4)cn3)cn2)cc1. The minimum Gasteiger partial charge on any atom is -0.497 e. The number of likely N-dealkylation sites (tertiary alicyclic amines) is 1. The number of benzene rings is 1. The molecule has 1 fully saturated rings. The second-order valence-electron chi connectivity index (χ2n) is 6.30. The molecule has 6 nitrogen and oxygen atoms in total. The van der Waals surface area contributed by atoms with Crippen LogP contribution in [0.25, 0.3) is 16.9 Å². The number of pyridine rings is 1. The van der Waals surface area contributed by atoms with Crippen molar-refractivity contribution in [3.63, 3.8) is 0 Å².